The molecule has 5 aromatic rings. The molecule has 1 amide bonds. The Balaban J connectivity index is 1.56. The summed E-state index contributed by atoms with van der Waals surface area (Å²) in [5, 5.41) is 4.18. The van der Waals surface area contributed by atoms with E-state index in [1.807, 2.05) is 85.8 Å². The summed E-state index contributed by atoms with van der Waals surface area (Å²) in [6, 6.07) is 24.2. The van der Waals surface area contributed by atoms with Crippen LogP contribution in [0.3, 0.4) is 0 Å². The molecule has 7 nitrogen and oxygen atoms in total. The van der Waals surface area contributed by atoms with Gasteiger partial charge in [0.15, 0.2) is 5.16 Å². The molecule has 0 unspecified atom stereocenters. The van der Waals surface area contributed by atoms with Gasteiger partial charge in [-0.05, 0) is 49.4 Å². The molecule has 5 rings (SSSR count). The Kier molecular flexibility index (Phi) is 6.05. The van der Waals surface area contributed by atoms with E-state index >= 15 is 0 Å². The van der Waals surface area contributed by atoms with Gasteiger partial charge in [0.25, 0.3) is 5.56 Å². The predicted molar refractivity (Wildman–Crippen MR) is 136 cm³/mol. The molecule has 0 atom stereocenters. The number of rotatable bonds is 7. The summed E-state index contributed by atoms with van der Waals surface area (Å²) in [4.78, 5) is 34.2. The first-order chi connectivity index (χ1) is 16.6. The van der Waals surface area contributed by atoms with Crippen LogP contribution in [0.4, 0.5) is 5.69 Å². The number of nitrogens with zero attached hydrogens (tertiary/aromatic N) is 2. The Bertz CT molecular complexity index is 1530. The highest BCUT2D eigenvalue weighted by Crippen LogP contribution is 2.27. The van der Waals surface area contributed by atoms with Crippen molar-refractivity contribution in [2.24, 2.45) is 0 Å². The number of para-hydroxylation sites is 2. The van der Waals surface area contributed by atoms with Crippen LogP contribution in [0, 0.1) is 0 Å². The number of ether oxygens (including phenoxy) is 1. The second-order valence-electron chi connectivity index (χ2n) is 7.56. The van der Waals surface area contributed by atoms with Gasteiger partial charge in [0.1, 0.15) is 16.8 Å². The SMILES string of the molecule is CCOc1ccc(-n2c(SCC(=O)Nc3ccccc3)nc3c([nH]c4ccccc43)c2=O)cc1. The average molecular weight is 471 g/mol. The molecule has 0 spiro atoms. The zero-order chi connectivity index (χ0) is 23.5. The second kappa shape index (κ2) is 9.44. The minimum absolute atomic E-state index is 0.103. The molecule has 0 aliphatic heterocycles. The lowest BCUT2D eigenvalue weighted by molar-refractivity contribution is -0.113. The Labute approximate surface area is 199 Å². The molecule has 3 aromatic carbocycles. The highest BCUT2D eigenvalue weighted by atomic mass is 32.2. The smallest absolute Gasteiger partial charge is 0.283 e. The number of aromatic amines is 1. The molecule has 0 aliphatic carbocycles. The fourth-order valence-electron chi connectivity index (χ4n) is 3.77. The first kappa shape index (κ1) is 21.8. The van der Waals surface area contributed by atoms with Crippen molar-refractivity contribution in [1.29, 1.82) is 0 Å². The summed E-state index contributed by atoms with van der Waals surface area (Å²) in [7, 11) is 0. The molecule has 0 radical (unpaired) electrons. The van der Waals surface area contributed by atoms with Crippen molar-refractivity contribution in [3.8, 4) is 11.4 Å². The number of amides is 1. The molecule has 2 aromatic heterocycles. The Morgan fingerprint density at radius 3 is 2.53 bits per heavy atom. The maximum Gasteiger partial charge on any atom is 0.283 e. The van der Waals surface area contributed by atoms with Gasteiger partial charge in [-0.2, -0.15) is 0 Å². The lowest BCUT2D eigenvalue weighted by Gasteiger charge is -2.13. The Morgan fingerprint density at radius 2 is 1.76 bits per heavy atom. The van der Waals surface area contributed by atoms with Crippen molar-refractivity contribution < 1.29 is 9.53 Å². The van der Waals surface area contributed by atoms with Crippen LogP contribution in [0.15, 0.2) is 88.8 Å². The zero-order valence-electron chi connectivity index (χ0n) is 18.4. The van der Waals surface area contributed by atoms with Crippen LogP contribution in [0.2, 0.25) is 0 Å². The van der Waals surface area contributed by atoms with Crippen molar-refractivity contribution in [1.82, 2.24) is 14.5 Å². The molecular formula is C26H22N4O3S. The number of benzene rings is 3. The first-order valence-corrected chi connectivity index (χ1v) is 11.9. The molecule has 2 heterocycles. The van der Waals surface area contributed by atoms with Crippen molar-refractivity contribution in [2.75, 3.05) is 17.7 Å². The van der Waals surface area contributed by atoms with Gasteiger partial charge in [-0.3, -0.25) is 14.2 Å². The van der Waals surface area contributed by atoms with Crippen molar-refractivity contribution >= 4 is 45.3 Å². The number of fused-ring (bicyclic) bond motifs is 3. The van der Waals surface area contributed by atoms with Crippen LogP contribution in [-0.4, -0.2) is 32.8 Å². The maximum absolute atomic E-state index is 13.6. The number of H-pyrrole nitrogens is 1. The molecule has 2 N–H and O–H groups in total. The topological polar surface area (TPSA) is 89.0 Å². The standard InChI is InChI=1S/C26H22N4O3S/c1-2-33-19-14-12-18(13-15-19)30-25(32)24-23(20-10-6-7-11-21(20)28-24)29-26(30)34-16-22(31)27-17-8-4-3-5-9-17/h3-15,28H,2,16H2,1H3,(H,27,31). The number of carbonyl (C=O) groups excluding carboxylic acids is 1. The number of anilines is 1. The van der Waals surface area contributed by atoms with Gasteiger partial charge in [-0.1, -0.05) is 48.2 Å². The summed E-state index contributed by atoms with van der Waals surface area (Å²) in [5.74, 6) is 0.643. The maximum atomic E-state index is 13.6. The second-order valence-corrected chi connectivity index (χ2v) is 8.50. The van der Waals surface area contributed by atoms with E-state index < -0.39 is 0 Å². The molecule has 0 saturated carbocycles. The van der Waals surface area contributed by atoms with Crippen LogP contribution < -0.4 is 15.6 Å². The average Bonchev–Trinajstić information content (AvgIpc) is 3.23. The lowest BCUT2D eigenvalue weighted by atomic mass is 10.2. The van der Waals surface area contributed by atoms with Crippen LogP contribution >= 0.6 is 11.8 Å². The molecule has 0 saturated heterocycles. The normalized spacial score (nSPS) is 11.1. The molecule has 0 aliphatic rings. The Morgan fingerprint density at radius 1 is 1.03 bits per heavy atom. The van der Waals surface area contributed by atoms with Crippen LogP contribution in [-0.2, 0) is 4.79 Å². The van der Waals surface area contributed by atoms with E-state index in [0.29, 0.717) is 28.5 Å². The summed E-state index contributed by atoms with van der Waals surface area (Å²) in [5.41, 5.74) is 2.99. The van der Waals surface area contributed by atoms with E-state index in [1.54, 1.807) is 0 Å². The van der Waals surface area contributed by atoms with E-state index in [0.717, 1.165) is 22.3 Å². The van der Waals surface area contributed by atoms with Crippen LogP contribution in [0.5, 0.6) is 5.75 Å². The van der Waals surface area contributed by atoms with Crippen molar-refractivity contribution in [3.63, 3.8) is 0 Å². The number of aromatic nitrogens is 3. The van der Waals surface area contributed by atoms with E-state index in [2.05, 4.69) is 10.3 Å². The summed E-state index contributed by atoms with van der Waals surface area (Å²) >= 11 is 1.22. The molecule has 0 bridgehead atoms. The van der Waals surface area contributed by atoms with E-state index in [-0.39, 0.29) is 17.2 Å². The molecule has 8 heteroatoms. The third-order valence-electron chi connectivity index (χ3n) is 5.29. The van der Waals surface area contributed by atoms with Gasteiger partial charge in [0.2, 0.25) is 5.91 Å². The minimum atomic E-state index is -0.226. The minimum Gasteiger partial charge on any atom is -0.494 e. The third kappa shape index (κ3) is 4.27. The van der Waals surface area contributed by atoms with Crippen LogP contribution in [0.1, 0.15) is 6.92 Å². The lowest BCUT2D eigenvalue weighted by Crippen LogP contribution is -2.23. The largest absolute Gasteiger partial charge is 0.494 e. The first-order valence-electron chi connectivity index (χ1n) is 10.9. The third-order valence-corrected chi connectivity index (χ3v) is 6.23. The summed E-state index contributed by atoms with van der Waals surface area (Å²) < 4.78 is 7.07. The van der Waals surface area contributed by atoms with Gasteiger partial charge >= 0.3 is 0 Å². The summed E-state index contributed by atoms with van der Waals surface area (Å²) in [6.07, 6.45) is 0. The fourth-order valence-corrected chi connectivity index (χ4v) is 4.58. The number of hydrogen-bond acceptors (Lipinski definition) is 5. The Hall–Kier alpha value is -4.04. The van der Waals surface area contributed by atoms with E-state index in [4.69, 9.17) is 9.72 Å². The number of nitrogens with one attached hydrogen (secondary N) is 2. The molecule has 34 heavy (non-hydrogen) atoms. The van der Waals surface area contributed by atoms with Gasteiger partial charge in [0, 0.05) is 16.6 Å². The monoisotopic (exact) mass is 470 g/mol. The van der Waals surface area contributed by atoms with Gasteiger partial charge in [0.05, 0.1) is 18.0 Å². The predicted octanol–water partition coefficient (Wildman–Crippen LogP) is 5.00. The number of carbonyl (C=O) groups is 1. The van der Waals surface area contributed by atoms with Gasteiger partial charge in [-0.25, -0.2) is 4.98 Å². The van der Waals surface area contributed by atoms with Crippen LogP contribution in [0.25, 0.3) is 27.6 Å². The summed E-state index contributed by atoms with van der Waals surface area (Å²) in [6.45, 7) is 2.47. The van der Waals surface area contributed by atoms with Gasteiger partial charge < -0.3 is 15.0 Å². The zero-order valence-corrected chi connectivity index (χ0v) is 19.3. The van der Waals surface area contributed by atoms with Gasteiger partial charge in [-0.15, -0.1) is 0 Å². The van der Waals surface area contributed by atoms with E-state index in [1.165, 1.54) is 16.3 Å². The number of hydrogen-bond donors (Lipinski definition) is 2. The highest BCUT2D eigenvalue weighted by Gasteiger charge is 2.18. The van der Waals surface area contributed by atoms with E-state index in [9.17, 15) is 9.59 Å². The highest BCUT2D eigenvalue weighted by molar-refractivity contribution is 7.99. The van der Waals surface area contributed by atoms with Crippen molar-refractivity contribution in [3.05, 3.63) is 89.2 Å². The molecular weight excluding hydrogens is 448 g/mol. The molecule has 0 fully saturated rings. The molecule has 170 valence electrons. The number of thioether (sulfide) groups is 1. The quantitative estimate of drug-likeness (QED) is 0.258. The van der Waals surface area contributed by atoms with Crippen molar-refractivity contribution in [2.45, 2.75) is 12.1 Å². The fraction of sp³-hybridized carbons (Fsp3) is 0.115.